The largest absolute Gasteiger partial charge is 0.454 e. The van der Waals surface area contributed by atoms with Gasteiger partial charge in [-0.15, -0.1) is 11.8 Å². The molecule has 2 aromatic carbocycles. The van der Waals surface area contributed by atoms with Gasteiger partial charge in [-0.25, -0.2) is 4.79 Å². The topological polar surface area (TPSA) is 63.7 Å². The lowest BCUT2D eigenvalue weighted by Crippen LogP contribution is -2.23. The number of ketones is 1. The number of rotatable bonds is 7. The Labute approximate surface area is 162 Å². The molecule has 3 rings (SSSR count). The molecule has 1 fully saturated rings. The molecule has 140 valence electrons. The summed E-state index contributed by atoms with van der Waals surface area (Å²) in [4.78, 5) is 39.0. The zero-order valence-corrected chi connectivity index (χ0v) is 16.0. The van der Waals surface area contributed by atoms with E-state index in [0.29, 0.717) is 24.1 Å². The summed E-state index contributed by atoms with van der Waals surface area (Å²) in [5, 5.41) is 0. The lowest BCUT2D eigenvalue weighted by molar-refractivity contribution is -0.117. The average Bonchev–Trinajstić information content (AvgIpc) is 3.12. The summed E-state index contributed by atoms with van der Waals surface area (Å²) in [6.07, 6.45) is 1.42. The van der Waals surface area contributed by atoms with Gasteiger partial charge < -0.3 is 9.64 Å². The van der Waals surface area contributed by atoms with Gasteiger partial charge in [0.1, 0.15) is 0 Å². The summed E-state index contributed by atoms with van der Waals surface area (Å²) in [6, 6.07) is 14.0. The number of benzene rings is 2. The van der Waals surface area contributed by atoms with Crippen molar-refractivity contribution in [3.63, 3.8) is 0 Å². The fourth-order valence-corrected chi connectivity index (χ4v) is 3.75. The molecule has 0 bridgehead atoms. The maximum atomic E-state index is 12.3. The fourth-order valence-electron chi connectivity index (χ4n) is 2.96. The number of esters is 1. The Balaban J connectivity index is 1.61. The number of Topliss-reactive ketones (excluding diaryl/α,β-unsaturated/α-hetero) is 1. The number of hydrogen-bond acceptors (Lipinski definition) is 5. The molecular formula is C21H21NO4S. The summed E-state index contributed by atoms with van der Waals surface area (Å²) in [7, 11) is 0. The van der Waals surface area contributed by atoms with Crippen LogP contribution in [0.15, 0.2) is 53.4 Å². The van der Waals surface area contributed by atoms with Crippen LogP contribution >= 0.6 is 11.8 Å². The normalized spacial score (nSPS) is 13.7. The van der Waals surface area contributed by atoms with Gasteiger partial charge in [0.25, 0.3) is 0 Å². The Kier molecular flexibility index (Phi) is 6.29. The molecule has 1 amide bonds. The zero-order valence-electron chi connectivity index (χ0n) is 15.1. The van der Waals surface area contributed by atoms with Gasteiger partial charge in [0.05, 0.1) is 5.56 Å². The van der Waals surface area contributed by atoms with Crippen LogP contribution in [0.3, 0.4) is 0 Å². The Morgan fingerprint density at radius 1 is 1.11 bits per heavy atom. The molecule has 1 aliphatic heterocycles. The van der Waals surface area contributed by atoms with Crippen LogP contribution in [0.4, 0.5) is 5.69 Å². The van der Waals surface area contributed by atoms with Crippen molar-refractivity contribution in [2.24, 2.45) is 0 Å². The second kappa shape index (κ2) is 8.86. The molecule has 5 nitrogen and oxygen atoms in total. The minimum atomic E-state index is -0.501. The first-order valence-corrected chi connectivity index (χ1v) is 9.91. The van der Waals surface area contributed by atoms with Crippen LogP contribution in [0, 0.1) is 0 Å². The molecule has 0 spiro atoms. The minimum Gasteiger partial charge on any atom is -0.454 e. The van der Waals surface area contributed by atoms with Crippen molar-refractivity contribution in [1.29, 1.82) is 0 Å². The lowest BCUT2D eigenvalue weighted by Gasteiger charge is -2.15. The Hall–Kier alpha value is -2.60. The first-order chi connectivity index (χ1) is 13.1. The number of nitrogens with zero attached hydrogens (tertiary/aromatic N) is 1. The van der Waals surface area contributed by atoms with E-state index in [0.717, 1.165) is 22.8 Å². The van der Waals surface area contributed by atoms with Crippen molar-refractivity contribution < 1.29 is 19.1 Å². The van der Waals surface area contributed by atoms with E-state index in [9.17, 15) is 14.4 Å². The predicted molar refractivity (Wildman–Crippen MR) is 105 cm³/mol. The molecule has 0 saturated carbocycles. The van der Waals surface area contributed by atoms with Crippen molar-refractivity contribution in [1.82, 2.24) is 0 Å². The summed E-state index contributed by atoms with van der Waals surface area (Å²) in [5.74, 6) is 0.170. The second-order valence-electron chi connectivity index (χ2n) is 6.12. The Morgan fingerprint density at radius 3 is 2.52 bits per heavy atom. The molecule has 6 heteroatoms. The van der Waals surface area contributed by atoms with Crippen LogP contribution in [-0.4, -0.2) is 36.6 Å². The van der Waals surface area contributed by atoms with Crippen molar-refractivity contribution in [3.05, 3.63) is 59.7 Å². The molecule has 27 heavy (non-hydrogen) atoms. The van der Waals surface area contributed by atoms with Gasteiger partial charge in [-0.2, -0.15) is 0 Å². The zero-order chi connectivity index (χ0) is 19.2. The first-order valence-electron chi connectivity index (χ1n) is 8.92. The van der Waals surface area contributed by atoms with E-state index in [-0.39, 0.29) is 18.3 Å². The Bertz CT molecular complexity index is 848. The van der Waals surface area contributed by atoms with Gasteiger partial charge >= 0.3 is 5.97 Å². The number of carbonyl (C=O) groups excluding carboxylic acids is 3. The number of carbonyl (C=O) groups is 3. The molecule has 0 unspecified atom stereocenters. The quantitative estimate of drug-likeness (QED) is 0.411. The van der Waals surface area contributed by atoms with Crippen LogP contribution in [0.1, 0.15) is 40.5 Å². The number of hydrogen-bond donors (Lipinski definition) is 0. The van der Waals surface area contributed by atoms with E-state index in [1.165, 1.54) is 0 Å². The molecule has 1 heterocycles. The van der Waals surface area contributed by atoms with Crippen molar-refractivity contribution in [2.75, 3.05) is 23.8 Å². The van der Waals surface area contributed by atoms with Gasteiger partial charge in [-0.3, -0.25) is 9.59 Å². The van der Waals surface area contributed by atoms with Crippen LogP contribution in [0.25, 0.3) is 0 Å². The molecule has 2 aromatic rings. The molecule has 0 N–H and O–H groups in total. The van der Waals surface area contributed by atoms with E-state index in [4.69, 9.17) is 4.74 Å². The monoisotopic (exact) mass is 383 g/mol. The van der Waals surface area contributed by atoms with Gasteiger partial charge in [0.2, 0.25) is 5.91 Å². The third-order valence-electron chi connectivity index (χ3n) is 4.32. The molecule has 0 aliphatic carbocycles. The van der Waals surface area contributed by atoms with Gasteiger partial charge in [0.15, 0.2) is 12.4 Å². The fraction of sp³-hybridized carbons (Fsp3) is 0.286. The van der Waals surface area contributed by atoms with Gasteiger partial charge in [-0.05, 0) is 48.6 Å². The summed E-state index contributed by atoms with van der Waals surface area (Å²) < 4.78 is 5.21. The number of ether oxygens (including phenoxy) is 1. The maximum absolute atomic E-state index is 12.3. The number of anilines is 1. The second-order valence-corrected chi connectivity index (χ2v) is 7.43. The summed E-state index contributed by atoms with van der Waals surface area (Å²) in [5.41, 5.74) is 1.71. The van der Waals surface area contributed by atoms with E-state index in [1.54, 1.807) is 53.1 Å². The third-order valence-corrected chi connectivity index (χ3v) is 5.27. The highest BCUT2D eigenvalue weighted by atomic mass is 32.2. The SMILES string of the molecule is CCSc1ccccc1C(=O)OCC(=O)c1ccc(N2CCCC2=O)cc1. The van der Waals surface area contributed by atoms with E-state index in [1.807, 2.05) is 19.1 Å². The highest BCUT2D eigenvalue weighted by Crippen LogP contribution is 2.24. The van der Waals surface area contributed by atoms with Crippen LogP contribution < -0.4 is 4.90 Å². The van der Waals surface area contributed by atoms with E-state index < -0.39 is 5.97 Å². The summed E-state index contributed by atoms with van der Waals surface area (Å²) in [6.45, 7) is 2.40. The average molecular weight is 383 g/mol. The molecule has 0 atom stereocenters. The lowest BCUT2D eigenvalue weighted by atomic mass is 10.1. The third kappa shape index (κ3) is 4.57. The van der Waals surface area contributed by atoms with Crippen LogP contribution in [0.5, 0.6) is 0 Å². The molecule has 0 aromatic heterocycles. The van der Waals surface area contributed by atoms with Gasteiger partial charge in [-0.1, -0.05) is 19.1 Å². The number of amides is 1. The highest BCUT2D eigenvalue weighted by Gasteiger charge is 2.22. The standard InChI is InChI=1S/C21H21NO4S/c1-2-27-19-7-4-3-6-17(19)21(25)26-14-18(23)15-9-11-16(12-10-15)22-13-5-8-20(22)24/h3-4,6-7,9-12H,2,5,8,13-14H2,1H3. The smallest absolute Gasteiger partial charge is 0.339 e. The molecular weight excluding hydrogens is 362 g/mol. The van der Waals surface area contributed by atoms with Gasteiger partial charge in [0, 0.05) is 29.1 Å². The minimum absolute atomic E-state index is 0.103. The van der Waals surface area contributed by atoms with Crippen molar-refractivity contribution in [2.45, 2.75) is 24.7 Å². The summed E-state index contributed by atoms with van der Waals surface area (Å²) >= 11 is 1.56. The maximum Gasteiger partial charge on any atom is 0.339 e. The predicted octanol–water partition coefficient (Wildman–Crippen LogP) is 3.97. The van der Waals surface area contributed by atoms with Crippen LogP contribution in [-0.2, 0) is 9.53 Å². The molecule has 0 radical (unpaired) electrons. The van der Waals surface area contributed by atoms with Crippen LogP contribution in [0.2, 0.25) is 0 Å². The Morgan fingerprint density at radius 2 is 1.85 bits per heavy atom. The van der Waals surface area contributed by atoms with Crippen molar-refractivity contribution in [3.8, 4) is 0 Å². The highest BCUT2D eigenvalue weighted by molar-refractivity contribution is 7.99. The van der Waals surface area contributed by atoms with E-state index >= 15 is 0 Å². The van der Waals surface area contributed by atoms with E-state index in [2.05, 4.69) is 0 Å². The number of thioether (sulfide) groups is 1. The molecule has 1 aliphatic rings. The first kappa shape index (κ1) is 19.2. The molecule has 1 saturated heterocycles. The van der Waals surface area contributed by atoms with Crippen molar-refractivity contribution >= 4 is 35.1 Å².